The fraction of sp³-hybridized carbons (Fsp3) is 0.640. The van der Waals surface area contributed by atoms with Gasteiger partial charge in [0.15, 0.2) is 0 Å². The molecule has 6 rings (SSSR count). The minimum Gasteiger partial charge on any atom is -0.462 e. The van der Waals surface area contributed by atoms with E-state index in [0.717, 1.165) is 57.8 Å². The van der Waals surface area contributed by atoms with Gasteiger partial charge in [-0.1, -0.05) is 271 Å². The largest absolute Gasteiger partial charge is 0.462 e. The number of aliphatic imine (C=N–C) groups is 6. The number of hydrogen-bond acceptors (Lipinski definition) is 16. The number of nitrogens with zero attached hydrogens (tertiary/aromatic N) is 7. The Morgan fingerprint density at radius 2 is 0.462 bits per heavy atom. The molecule has 0 aromatic heterocycles. The van der Waals surface area contributed by atoms with Gasteiger partial charge in [0.2, 0.25) is 35.8 Å². The van der Waals surface area contributed by atoms with E-state index < -0.39 is 0 Å². The number of benzene rings is 3. The Hall–Kier alpha value is -6.71. The molecule has 16 heteroatoms. The molecule has 3 aliphatic heterocycles. The molecule has 16 nitrogen and oxygen atoms in total. The van der Waals surface area contributed by atoms with Gasteiger partial charge in [-0.05, 0) is 92.1 Å². The molecule has 3 aromatic rings. The monoisotopic (exact) mass is 1250 g/mol. The highest BCUT2D eigenvalue weighted by molar-refractivity contribution is 6.32. The summed E-state index contributed by atoms with van der Waals surface area (Å²) in [6, 6.07) is 21.0. The van der Waals surface area contributed by atoms with E-state index in [1.54, 1.807) is 77.7 Å². The van der Waals surface area contributed by atoms with Crippen molar-refractivity contribution in [2.24, 2.45) is 30.0 Å². The van der Waals surface area contributed by atoms with Gasteiger partial charge in [0.1, 0.15) is 0 Å². The number of hydrogen-bond donors (Lipinski definition) is 3. The van der Waals surface area contributed by atoms with Crippen LogP contribution >= 0.6 is 0 Å². The molecule has 0 unspecified atom stereocenters. The first-order valence-electron chi connectivity index (χ1n) is 36.3. The molecule has 3 aromatic carbocycles. The molecular formula is C75H114N10O6. The predicted molar refractivity (Wildman–Crippen MR) is 378 cm³/mol. The number of anilines is 3. The lowest BCUT2D eigenvalue weighted by Crippen LogP contribution is -2.49. The minimum absolute atomic E-state index is 0.192. The molecule has 0 atom stereocenters. The lowest BCUT2D eigenvalue weighted by atomic mass is 10.0. The van der Waals surface area contributed by atoms with Gasteiger partial charge in [-0.3, -0.25) is 0 Å². The lowest BCUT2D eigenvalue weighted by Gasteiger charge is -2.30. The molecule has 0 fully saturated rings. The van der Waals surface area contributed by atoms with Crippen molar-refractivity contribution < 1.29 is 28.6 Å². The fourth-order valence-electron chi connectivity index (χ4n) is 11.5. The molecule has 0 saturated carbocycles. The number of guanidine groups is 6. The third-order valence-corrected chi connectivity index (χ3v) is 17.2. The molecule has 0 spiro atoms. The number of unbranched alkanes of at least 4 members (excludes halogenated alkanes) is 39. The van der Waals surface area contributed by atoms with Crippen molar-refractivity contribution in [3.63, 3.8) is 0 Å². The van der Waals surface area contributed by atoms with Crippen LogP contribution in [0.4, 0.5) is 17.1 Å². The van der Waals surface area contributed by atoms with Gasteiger partial charge in [0.05, 0.1) is 36.5 Å². The molecule has 0 aliphatic carbocycles. The SMILES string of the molecule is CCCCCCCCCCCCCCCCOC(=O)c1ccc(NC2=NC3=NC(Nc4ccc(C(=O)OCCCCCCCCCCCCCCCC)cc4)=NC4=NC(Nc5ccc(C(=O)OCCCCCCCCCCCCCCCC)cc5)=NC(=N2)N34)cc1. The second-order valence-electron chi connectivity index (χ2n) is 25.2. The van der Waals surface area contributed by atoms with E-state index >= 15 is 0 Å². The number of carbonyl (C=O) groups is 3. The molecule has 0 radical (unpaired) electrons. The summed E-state index contributed by atoms with van der Waals surface area (Å²) in [5.41, 5.74) is 3.25. The maximum atomic E-state index is 13.0. The Labute approximate surface area is 547 Å². The predicted octanol–water partition coefficient (Wildman–Crippen LogP) is 20.7. The Kier molecular flexibility index (Phi) is 37.4. The molecule has 0 saturated heterocycles. The summed E-state index contributed by atoms with van der Waals surface area (Å²) < 4.78 is 16.9. The first-order valence-corrected chi connectivity index (χ1v) is 36.3. The zero-order chi connectivity index (χ0) is 64.0. The lowest BCUT2D eigenvalue weighted by molar-refractivity contribution is 0.0488. The smallest absolute Gasteiger partial charge is 0.338 e. The van der Waals surface area contributed by atoms with E-state index in [0.29, 0.717) is 53.6 Å². The van der Waals surface area contributed by atoms with Gasteiger partial charge in [0, 0.05) is 17.1 Å². The minimum atomic E-state index is -0.360. The van der Waals surface area contributed by atoms with E-state index in [1.807, 2.05) is 0 Å². The summed E-state index contributed by atoms with van der Waals surface area (Å²) in [5, 5.41) is 9.77. The van der Waals surface area contributed by atoms with E-state index in [1.165, 1.54) is 212 Å². The molecule has 3 N–H and O–H groups in total. The summed E-state index contributed by atoms with van der Waals surface area (Å²) in [5.74, 6) is 0.111. The third kappa shape index (κ3) is 30.5. The molecule has 500 valence electrons. The third-order valence-electron chi connectivity index (χ3n) is 17.2. The first kappa shape index (κ1) is 73.3. The van der Waals surface area contributed by atoms with Crippen LogP contribution in [0.2, 0.25) is 0 Å². The Bertz CT molecular complexity index is 2430. The van der Waals surface area contributed by atoms with Gasteiger partial charge in [-0.2, -0.15) is 30.0 Å². The van der Waals surface area contributed by atoms with Crippen LogP contribution in [-0.2, 0) is 14.2 Å². The van der Waals surface area contributed by atoms with Crippen LogP contribution in [0, 0.1) is 0 Å². The second-order valence-corrected chi connectivity index (χ2v) is 25.2. The first-order chi connectivity index (χ1) is 44.8. The van der Waals surface area contributed by atoms with Crippen LogP contribution in [0.5, 0.6) is 0 Å². The maximum Gasteiger partial charge on any atom is 0.338 e. The van der Waals surface area contributed by atoms with Crippen molar-refractivity contribution in [1.82, 2.24) is 4.90 Å². The van der Waals surface area contributed by atoms with Crippen molar-refractivity contribution >= 4 is 70.7 Å². The van der Waals surface area contributed by atoms with Crippen LogP contribution in [0.15, 0.2) is 103 Å². The van der Waals surface area contributed by atoms with Crippen LogP contribution in [-0.4, -0.2) is 78.4 Å². The average molecular weight is 1250 g/mol. The number of nitrogens with one attached hydrogen (secondary N) is 3. The van der Waals surface area contributed by atoms with Crippen LogP contribution in [0.1, 0.15) is 322 Å². The summed E-state index contributed by atoms with van der Waals surface area (Å²) in [6.07, 6.45) is 53.3. The zero-order valence-corrected chi connectivity index (χ0v) is 56.3. The van der Waals surface area contributed by atoms with Crippen molar-refractivity contribution in [2.45, 2.75) is 290 Å². The molecule has 0 bridgehead atoms. The van der Waals surface area contributed by atoms with Crippen molar-refractivity contribution in [3.05, 3.63) is 89.5 Å². The number of carbonyl (C=O) groups excluding carboxylic acids is 3. The zero-order valence-electron chi connectivity index (χ0n) is 56.3. The van der Waals surface area contributed by atoms with E-state index in [4.69, 9.17) is 44.2 Å². The standard InChI is InChI=1S/C75H114N10O6/c1-4-7-10-13-16-19-22-25-28-31-34-37-40-43-58-89-67(86)61-46-52-64(53-47-61)76-70-79-73-81-71(77-65-54-48-62(49-55-65)68(87)90-59-44-41-38-35-32-29-26-23-20-17-14-11-8-5-2)83-75-84-72(82-74(80-70)85(73)75)78-66-56-50-63(51-57-66)69(88)91-60-45-42-39-36-33-30-27-24-21-18-15-12-9-6-3/h46-57H,4-45,58-60H2,1-3H3,(H3,76,77,78,79,80,81,82,83,84). The van der Waals surface area contributed by atoms with Crippen molar-refractivity contribution in [1.29, 1.82) is 0 Å². The van der Waals surface area contributed by atoms with Crippen molar-refractivity contribution in [3.8, 4) is 0 Å². The average Bonchev–Trinajstić information content (AvgIpc) is 0.806. The van der Waals surface area contributed by atoms with Gasteiger partial charge < -0.3 is 30.2 Å². The molecular weight excluding hydrogens is 1140 g/mol. The normalized spacial score (nSPS) is 13.3. The van der Waals surface area contributed by atoms with Gasteiger partial charge >= 0.3 is 17.9 Å². The quantitative estimate of drug-likeness (QED) is 0.0278. The summed E-state index contributed by atoms with van der Waals surface area (Å²) in [4.78, 5) is 69.2. The van der Waals surface area contributed by atoms with E-state index in [-0.39, 0.29) is 53.7 Å². The Balaban J connectivity index is 0.984. The number of esters is 3. The van der Waals surface area contributed by atoms with Crippen LogP contribution < -0.4 is 16.0 Å². The molecule has 3 aliphatic rings. The highest BCUT2D eigenvalue weighted by Gasteiger charge is 2.35. The summed E-state index contributed by atoms with van der Waals surface area (Å²) >= 11 is 0. The van der Waals surface area contributed by atoms with Gasteiger partial charge in [-0.15, -0.1) is 0 Å². The molecule has 3 heterocycles. The number of ether oxygens (including phenoxy) is 3. The van der Waals surface area contributed by atoms with Gasteiger partial charge in [0.25, 0.3) is 0 Å². The van der Waals surface area contributed by atoms with Crippen LogP contribution in [0.25, 0.3) is 0 Å². The molecule has 0 amide bonds. The number of rotatable bonds is 51. The summed E-state index contributed by atoms with van der Waals surface area (Å²) in [6.45, 7) is 7.99. The fourth-order valence-corrected chi connectivity index (χ4v) is 11.5. The van der Waals surface area contributed by atoms with E-state index in [9.17, 15) is 14.4 Å². The second kappa shape index (κ2) is 46.4. The molecule has 91 heavy (non-hydrogen) atoms. The van der Waals surface area contributed by atoms with E-state index in [2.05, 4.69) is 36.7 Å². The van der Waals surface area contributed by atoms with Crippen LogP contribution in [0.3, 0.4) is 0 Å². The highest BCUT2D eigenvalue weighted by atomic mass is 16.5. The van der Waals surface area contributed by atoms with Gasteiger partial charge in [-0.25, -0.2) is 19.3 Å². The maximum absolute atomic E-state index is 13.0. The summed E-state index contributed by atoms with van der Waals surface area (Å²) in [7, 11) is 0. The van der Waals surface area contributed by atoms with Crippen molar-refractivity contribution in [2.75, 3.05) is 35.8 Å². The Morgan fingerprint density at radius 3 is 0.659 bits per heavy atom. The Morgan fingerprint density at radius 1 is 0.275 bits per heavy atom. The highest BCUT2D eigenvalue weighted by Crippen LogP contribution is 2.23. The topological polar surface area (TPSA) is 192 Å².